The minimum Gasteiger partial charge on any atom is -0.379 e. The molecule has 0 atom stereocenters. The van der Waals surface area contributed by atoms with Gasteiger partial charge < -0.3 is 4.74 Å². The van der Waals surface area contributed by atoms with E-state index in [2.05, 4.69) is 16.9 Å². The van der Waals surface area contributed by atoms with Gasteiger partial charge in [0.15, 0.2) is 5.78 Å². The molecule has 5 heteroatoms. The highest BCUT2D eigenvalue weighted by molar-refractivity contribution is 5.89. The Labute approximate surface area is 120 Å². The number of nitrogens with zero attached hydrogens (tertiary/aromatic N) is 3. The lowest BCUT2D eigenvalue weighted by Gasteiger charge is -2.39. The highest BCUT2D eigenvalue weighted by Crippen LogP contribution is 2.20. The first kappa shape index (κ1) is 15.2. The summed E-state index contributed by atoms with van der Waals surface area (Å²) in [6.45, 7) is 9.17. The molecule has 1 aliphatic rings. The summed E-state index contributed by atoms with van der Waals surface area (Å²) in [7, 11) is 1.91. The molecule has 1 aliphatic heterocycles. The molecular weight excluding hydrogens is 254 g/mol. The van der Waals surface area contributed by atoms with Crippen LogP contribution in [0, 0.1) is 0 Å². The number of morpholine rings is 1. The van der Waals surface area contributed by atoms with E-state index in [0.29, 0.717) is 19.6 Å². The van der Waals surface area contributed by atoms with Crippen molar-refractivity contribution in [3.05, 3.63) is 17.5 Å². The number of hydrogen-bond acceptors (Lipinski definition) is 4. The van der Waals surface area contributed by atoms with Gasteiger partial charge in [-0.3, -0.25) is 14.4 Å². The molecule has 0 unspecified atom stereocenters. The van der Waals surface area contributed by atoms with Gasteiger partial charge in [0.25, 0.3) is 0 Å². The van der Waals surface area contributed by atoms with Crippen LogP contribution in [0.2, 0.25) is 0 Å². The Morgan fingerprint density at radius 1 is 1.40 bits per heavy atom. The molecule has 20 heavy (non-hydrogen) atoms. The van der Waals surface area contributed by atoms with Gasteiger partial charge in [-0.1, -0.05) is 6.92 Å². The van der Waals surface area contributed by atoms with E-state index >= 15 is 0 Å². The first-order chi connectivity index (χ1) is 9.45. The van der Waals surface area contributed by atoms with E-state index in [-0.39, 0.29) is 5.78 Å². The Morgan fingerprint density at radius 3 is 2.60 bits per heavy atom. The van der Waals surface area contributed by atoms with Gasteiger partial charge in [-0.05, 0) is 26.3 Å². The van der Waals surface area contributed by atoms with Crippen molar-refractivity contribution >= 4 is 5.78 Å². The molecule has 2 heterocycles. The number of hydrogen-bond donors (Lipinski definition) is 0. The van der Waals surface area contributed by atoms with E-state index in [1.807, 2.05) is 31.6 Å². The molecular formula is C15H25N3O2. The molecule has 5 nitrogen and oxygen atoms in total. The zero-order chi connectivity index (χ0) is 14.8. The standard InChI is InChI=1S/C15H25N3O2/c1-5-12-10-13(17(4)16-12)11-14(19)15(2,3)18-6-8-20-9-7-18/h10H,5-9,11H2,1-4H3. The molecule has 1 aromatic heterocycles. The maximum atomic E-state index is 12.7. The lowest BCUT2D eigenvalue weighted by atomic mass is 9.92. The Morgan fingerprint density at radius 2 is 2.05 bits per heavy atom. The zero-order valence-corrected chi connectivity index (χ0v) is 13.0. The molecule has 1 aromatic rings. The third-order valence-corrected chi connectivity index (χ3v) is 4.22. The van der Waals surface area contributed by atoms with E-state index in [1.54, 1.807) is 0 Å². The second-order valence-electron chi connectivity index (χ2n) is 5.86. The largest absolute Gasteiger partial charge is 0.379 e. The summed E-state index contributed by atoms with van der Waals surface area (Å²) >= 11 is 0. The zero-order valence-electron chi connectivity index (χ0n) is 13.0. The van der Waals surface area contributed by atoms with Crippen molar-refractivity contribution < 1.29 is 9.53 Å². The van der Waals surface area contributed by atoms with Crippen molar-refractivity contribution in [2.45, 2.75) is 39.2 Å². The van der Waals surface area contributed by atoms with Crippen molar-refractivity contribution in [1.82, 2.24) is 14.7 Å². The van der Waals surface area contributed by atoms with Crippen LogP contribution in [0.1, 0.15) is 32.2 Å². The van der Waals surface area contributed by atoms with Gasteiger partial charge in [-0.2, -0.15) is 5.10 Å². The fourth-order valence-electron chi connectivity index (χ4n) is 2.59. The number of aryl methyl sites for hydroxylation is 2. The average Bonchev–Trinajstić information content (AvgIpc) is 2.80. The van der Waals surface area contributed by atoms with E-state index in [4.69, 9.17) is 4.74 Å². The molecule has 0 amide bonds. The van der Waals surface area contributed by atoms with Crippen molar-refractivity contribution in [2.24, 2.45) is 7.05 Å². The minimum absolute atomic E-state index is 0.241. The second kappa shape index (κ2) is 6.06. The number of carbonyl (C=O) groups excluding carboxylic acids is 1. The molecule has 2 rings (SSSR count). The number of ether oxygens (including phenoxy) is 1. The van der Waals surface area contributed by atoms with Crippen LogP contribution in [0.25, 0.3) is 0 Å². The highest BCUT2D eigenvalue weighted by atomic mass is 16.5. The summed E-state index contributed by atoms with van der Waals surface area (Å²) in [5.41, 5.74) is 1.59. The van der Waals surface area contributed by atoms with Crippen LogP contribution in [-0.2, 0) is 29.4 Å². The molecule has 1 fully saturated rings. The molecule has 112 valence electrons. The van der Waals surface area contributed by atoms with Gasteiger partial charge in [0.2, 0.25) is 0 Å². The van der Waals surface area contributed by atoms with Gasteiger partial charge in [-0.15, -0.1) is 0 Å². The fourth-order valence-corrected chi connectivity index (χ4v) is 2.59. The van der Waals surface area contributed by atoms with Crippen LogP contribution >= 0.6 is 0 Å². The summed E-state index contributed by atoms with van der Waals surface area (Å²) in [5.74, 6) is 0.241. The average molecular weight is 279 g/mol. The Balaban J connectivity index is 2.07. The number of carbonyl (C=O) groups is 1. The summed E-state index contributed by atoms with van der Waals surface area (Å²) in [5, 5.41) is 4.41. The van der Waals surface area contributed by atoms with E-state index in [9.17, 15) is 4.79 Å². The normalized spacial score (nSPS) is 17.4. The molecule has 0 N–H and O–H groups in total. The maximum Gasteiger partial charge on any atom is 0.158 e. The Hall–Kier alpha value is -1.20. The second-order valence-corrected chi connectivity index (χ2v) is 5.86. The molecule has 0 spiro atoms. The number of Topliss-reactive ketones (excluding diaryl/α,β-unsaturated/α-hetero) is 1. The minimum atomic E-state index is -0.444. The van der Waals surface area contributed by atoms with Crippen LogP contribution in [0.15, 0.2) is 6.07 Å². The molecule has 0 radical (unpaired) electrons. The van der Waals surface area contributed by atoms with Crippen molar-refractivity contribution in [3.8, 4) is 0 Å². The van der Waals surface area contributed by atoms with Gasteiger partial charge in [0, 0.05) is 25.8 Å². The van der Waals surface area contributed by atoms with E-state index in [1.165, 1.54) is 0 Å². The Bertz CT molecular complexity index is 473. The van der Waals surface area contributed by atoms with E-state index in [0.717, 1.165) is 30.9 Å². The molecule has 0 aromatic carbocycles. The summed E-state index contributed by atoms with van der Waals surface area (Å²) in [4.78, 5) is 14.9. The van der Waals surface area contributed by atoms with Gasteiger partial charge in [0.1, 0.15) is 0 Å². The predicted octanol–water partition coefficient (Wildman–Crippen LogP) is 1.20. The lowest BCUT2D eigenvalue weighted by molar-refractivity contribution is -0.131. The maximum absolute atomic E-state index is 12.7. The van der Waals surface area contributed by atoms with E-state index < -0.39 is 5.54 Å². The topological polar surface area (TPSA) is 47.4 Å². The Kier molecular flexibility index (Phi) is 4.60. The molecule has 0 bridgehead atoms. The summed E-state index contributed by atoms with van der Waals surface area (Å²) < 4.78 is 7.19. The molecule has 0 aliphatic carbocycles. The van der Waals surface area contributed by atoms with Gasteiger partial charge >= 0.3 is 0 Å². The number of rotatable bonds is 5. The first-order valence-corrected chi connectivity index (χ1v) is 7.33. The monoisotopic (exact) mass is 279 g/mol. The summed E-state index contributed by atoms with van der Waals surface area (Å²) in [6.07, 6.45) is 1.34. The first-order valence-electron chi connectivity index (χ1n) is 7.33. The van der Waals surface area contributed by atoms with Crippen LogP contribution in [-0.4, -0.2) is 52.3 Å². The third-order valence-electron chi connectivity index (χ3n) is 4.22. The smallest absolute Gasteiger partial charge is 0.158 e. The molecule has 1 saturated heterocycles. The summed E-state index contributed by atoms with van der Waals surface area (Å²) in [6, 6.07) is 2.04. The van der Waals surface area contributed by atoms with Crippen molar-refractivity contribution in [2.75, 3.05) is 26.3 Å². The van der Waals surface area contributed by atoms with Gasteiger partial charge in [-0.25, -0.2) is 0 Å². The molecule has 0 saturated carbocycles. The predicted molar refractivity (Wildman–Crippen MR) is 77.8 cm³/mol. The van der Waals surface area contributed by atoms with Crippen molar-refractivity contribution in [3.63, 3.8) is 0 Å². The number of ketones is 1. The fraction of sp³-hybridized carbons (Fsp3) is 0.733. The quantitative estimate of drug-likeness (QED) is 0.813. The van der Waals surface area contributed by atoms with Gasteiger partial charge in [0.05, 0.1) is 30.9 Å². The van der Waals surface area contributed by atoms with Crippen LogP contribution in [0.5, 0.6) is 0 Å². The third kappa shape index (κ3) is 3.10. The lowest BCUT2D eigenvalue weighted by Crippen LogP contribution is -2.55. The highest BCUT2D eigenvalue weighted by Gasteiger charge is 2.35. The van der Waals surface area contributed by atoms with Crippen molar-refractivity contribution in [1.29, 1.82) is 0 Å². The number of aromatic nitrogens is 2. The SMILES string of the molecule is CCc1cc(CC(=O)C(C)(C)N2CCOCC2)n(C)n1. The van der Waals surface area contributed by atoms with Crippen LogP contribution in [0.4, 0.5) is 0 Å². The van der Waals surface area contributed by atoms with Crippen LogP contribution in [0.3, 0.4) is 0 Å². The van der Waals surface area contributed by atoms with Crippen LogP contribution < -0.4 is 0 Å².